The van der Waals surface area contributed by atoms with E-state index in [0.29, 0.717) is 5.56 Å². The molecular formula is C20H18FN2O. The van der Waals surface area contributed by atoms with Gasteiger partial charge < -0.3 is 9.47 Å². The standard InChI is InChI=1S/C20H18FN2O/c1-22(20(24)14-6-8-16(21)9-7-14)18-11-10-17-12-15-4-2-3-5-19(15)23(17)13-18/h2-9,18H,10-11,13H2,1H3/t18-/m1/s1. The van der Waals surface area contributed by atoms with Gasteiger partial charge in [-0.2, -0.15) is 0 Å². The lowest BCUT2D eigenvalue weighted by Gasteiger charge is -2.33. The van der Waals surface area contributed by atoms with E-state index >= 15 is 0 Å². The molecule has 0 saturated heterocycles. The van der Waals surface area contributed by atoms with E-state index in [0.717, 1.165) is 24.8 Å². The van der Waals surface area contributed by atoms with E-state index < -0.39 is 0 Å². The Morgan fingerprint density at radius 1 is 1.21 bits per heavy atom. The Balaban J connectivity index is 1.59. The molecule has 4 heteroatoms. The molecule has 1 atom stereocenters. The molecule has 1 aliphatic rings. The molecule has 0 N–H and O–H groups in total. The number of carbonyl (C=O) groups excluding carboxylic acids is 1. The third-order valence-electron chi connectivity index (χ3n) is 4.87. The molecule has 0 spiro atoms. The van der Waals surface area contributed by atoms with Crippen LogP contribution in [-0.2, 0) is 13.0 Å². The number of likely N-dealkylation sites (N-methyl/N-ethyl adjacent to an activating group) is 1. The molecule has 1 radical (unpaired) electrons. The summed E-state index contributed by atoms with van der Waals surface area (Å²) in [7, 11) is 1.83. The van der Waals surface area contributed by atoms with Crippen molar-refractivity contribution < 1.29 is 9.18 Å². The quantitative estimate of drug-likeness (QED) is 0.707. The number of hydrogen-bond acceptors (Lipinski definition) is 1. The minimum absolute atomic E-state index is 0.0658. The van der Waals surface area contributed by atoms with Crippen LogP contribution in [0.3, 0.4) is 0 Å². The van der Waals surface area contributed by atoms with E-state index in [1.807, 2.05) is 19.2 Å². The van der Waals surface area contributed by atoms with Crippen molar-refractivity contribution in [1.29, 1.82) is 0 Å². The van der Waals surface area contributed by atoms with Crippen LogP contribution in [0.1, 0.15) is 22.5 Å². The number of halogens is 1. The Bertz CT molecular complexity index is 898. The molecule has 3 aromatic rings. The van der Waals surface area contributed by atoms with Gasteiger partial charge in [0, 0.05) is 47.9 Å². The van der Waals surface area contributed by atoms with Crippen molar-refractivity contribution in [2.45, 2.75) is 25.4 Å². The Morgan fingerprint density at radius 2 is 1.96 bits per heavy atom. The summed E-state index contributed by atoms with van der Waals surface area (Å²) in [5, 5.41) is 1.13. The van der Waals surface area contributed by atoms with Gasteiger partial charge in [0.05, 0.1) is 0 Å². The van der Waals surface area contributed by atoms with Gasteiger partial charge in [0.1, 0.15) is 5.82 Å². The first kappa shape index (κ1) is 14.9. The number of benzene rings is 2. The van der Waals surface area contributed by atoms with Crippen LogP contribution in [0, 0.1) is 11.9 Å². The lowest BCUT2D eigenvalue weighted by Crippen LogP contribution is -2.42. The third kappa shape index (κ3) is 2.48. The van der Waals surface area contributed by atoms with E-state index in [2.05, 4.69) is 22.8 Å². The fourth-order valence-corrected chi connectivity index (χ4v) is 3.47. The highest BCUT2D eigenvalue weighted by molar-refractivity contribution is 5.94. The molecule has 2 aromatic carbocycles. The van der Waals surface area contributed by atoms with Crippen molar-refractivity contribution in [2.75, 3.05) is 7.05 Å². The smallest absolute Gasteiger partial charge is 0.253 e. The minimum Gasteiger partial charge on any atom is -0.342 e. The number of hydrogen-bond donors (Lipinski definition) is 0. The van der Waals surface area contributed by atoms with Gasteiger partial charge in [0.2, 0.25) is 0 Å². The second kappa shape index (κ2) is 5.78. The summed E-state index contributed by atoms with van der Waals surface area (Å²) in [4.78, 5) is 14.4. The Kier molecular flexibility index (Phi) is 3.60. The first-order valence-corrected chi connectivity index (χ1v) is 8.15. The molecule has 0 saturated carbocycles. The fraction of sp³-hybridized carbons (Fsp3) is 0.250. The van der Waals surface area contributed by atoms with Crippen LogP contribution in [0.15, 0.2) is 48.5 Å². The summed E-state index contributed by atoms with van der Waals surface area (Å²) in [5.74, 6) is -0.394. The van der Waals surface area contributed by atoms with Crippen molar-refractivity contribution in [3.63, 3.8) is 0 Å². The molecule has 0 aliphatic carbocycles. The summed E-state index contributed by atoms with van der Waals surface area (Å²) in [6.07, 6.45) is 1.82. The van der Waals surface area contributed by atoms with Gasteiger partial charge >= 0.3 is 0 Å². The van der Waals surface area contributed by atoms with Gasteiger partial charge in [0.25, 0.3) is 5.91 Å². The molecule has 0 unspecified atom stereocenters. The molecular weight excluding hydrogens is 303 g/mol. The molecule has 1 aromatic heterocycles. The molecule has 121 valence electrons. The van der Waals surface area contributed by atoms with Crippen LogP contribution in [0.5, 0.6) is 0 Å². The molecule has 0 fully saturated rings. The molecule has 1 amide bonds. The summed E-state index contributed by atoms with van der Waals surface area (Å²) < 4.78 is 15.3. The number of aryl methyl sites for hydroxylation is 1. The molecule has 4 rings (SSSR count). The van der Waals surface area contributed by atoms with Crippen molar-refractivity contribution in [1.82, 2.24) is 9.47 Å². The lowest BCUT2D eigenvalue weighted by molar-refractivity contribution is 0.0698. The van der Waals surface area contributed by atoms with Crippen molar-refractivity contribution in [3.05, 3.63) is 71.7 Å². The number of amides is 1. The van der Waals surface area contributed by atoms with Gasteiger partial charge in [-0.3, -0.25) is 4.79 Å². The summed E-state index contributed by atoms with van der Waals surface area (Å²) in [5.41, 5.74) is 2.89. The molecule has 2 heterocycles. The van der Waals surface area contributed by atoms with Crippen LogP contribution >= 0.6 is 0 Å². The maximum Gasteiger partial charge on any atom is 0.253 e. The number of rotatable bonds is 2. The third-order valence-corrected chi connectivity index (χ3v) is 4.87. The molecule has 3 nitrogen and oxygen atoms in total. The zero-order chi connectivity index (χ0) is 16.7. The van der Waals surface area contributed by atoms with E-state index in [4.69, 9.17) is 0 Å². The number of para-hydroxylation sites is 1. The van der Waals surface area contributed by atoms with Crippen LogP contribution in [0.4, 0.5) is 4.39 Å². The van der Waals surface area contributed by atoms with Crippen molar-refractivity contribution in [3.8, 4) is 0 Å². The topological polar surface area (TPSA) is 25.2 Å². The van der Waals surface area contributed by atoms with Gasteiger partial charge in [-0.25, -0.2) is 4.39 Å². The first-order valence-electron chi connectivity index (χ1n) is 8.15. The monoisotopic (exact) mass is 321 g/mol. The van der Waals surface area contributed by atoms with Crippen LogP contribution < -0.4 is 0 Å². The van der Waals surface area contributed by atoms with Crippen molar-refractivity contribution in [2.24, 2.45) is 0 Å². The van der Waals surface area contributed by atoms with Crippen LogP contribution in [0.25, 0.3) is 10.9 Å². The number of carbonyl (C=O) groups is 1. The van der Waals surface area contributed by atoms with E-state index in [1.54, 1.807) is 17.0 Å². The number of fused-ring (bicyclic) bond motifs is 3. The predicted octanol–water partition coefficient (Wildman–Crippen LogP) is 3.67. The summed E-state index contributed by atoms with van der Waals surface area (Å²) in [6.45, 7) is 0.767. The Hall–Kier alpha value is -2.62. The van der Waals surface area contributed by atoms with Crippen molar-refractivity contribution >= 4 is 16.8 Å². The number of nitrogens with zero attached hydrogens (tertiary/aromatic N) is 2. The lowest BCUT2D eigenvalue weighted by atomic mass is 10.0. The van der Waals surface area contributed by atoms with E-state index in [-0.39, 0.29) is 17.8 Å². The molecule has 1 aliphatic heterocycles. The van der Waals surface area contributed by atoms with Gasteiger partial charge in [-0.05, 0) is 43.2 Å². The molecule has 24 heavy (non-hydrogen) atoms. The van der Waals surface area contributed by atoms with Gasteiger partial charge in [-0.15, -0.1) is 0 Å². The fourth-order valence-electron chi connectivity index (χ4n) is 3.47. The zero-order valence-electron chi connectivity index (χ0n) is 13.5. The highest BCUT2D eigenvalue weighted by Crippen LogP contribution is 2.27. The van der Waals surface area contributed by atoms with E-state index in [9.17, 15) is 9.18 Å². The van der Waals surface area contributed by atoms with E-state index in [1.165, 1.54) is 23.3 Å². The highest BCUT2D eigenvalue weighted by atomic mass is 19.1. The van der Waals surface area contributed by atoms with Gasteiger partial charge in [-0.1, -0.05) is 18.2 Å². The Labute approximate surface area is 140 Å². The average molecular weight is 321 g/mol. The highest BCUT2D eigenvalue weighted by Gasteiger charge is 2.27. The second-order valence-corrected chi connectivity index (χ2v) is 6.31. The van der Waals surface area contributed by atoms with Crippen LogP contribution in [0.2, 0.25) is 0 Å². The predicted molar refractivity (Wildman–Crippen MR) is 91.4 cm³/mol. The SMILES string of the molecule is CN(C(=O)c1ccc(F)cc1)[C@@H]1CCc2[c]c3ccccc3n2C1. The average Bonchev–Trinajstić information content (AvgIpc) is 2.99. The molecule has 0 bridgehead atoms. The first-order chi connectivity index (χ1) is 11.6. The zero-order valence-corrected chi connectivity index (χ0v) is 13.5. The maximum absolute atomic E-state index is 13.1. The number of aromatic nitrogens is 1. The van der Waals surface area contributed by atoms with Crippen LogP contribution in [-0.4, -0.2) is 28.5 Å². The second-order valence-electron chi connectivity index (χ2n) is 6.31. The Morgan fingerprint density at radius 3 is 2.75 bits per heavy atom. The normalized spacial score (nSPS) is 16.8. The largest absolute Gasteiger partial charge is 0.342 e. The van der Waals surface area contributed by atoms with Gasteiger partial charge in [0.15, 0.2) is 0 Å². The summed E-state index contributed by atoms with van der Waals surface area (Å²) >= 11 is 0. The summed E-state index contributed by atoms with van der Waals surface area (Å²) in [6, 6.07) is 17.5. The maximum atomic E-state index is 13.1. The minimum atomic E-state index is -0.328.